The van der Waals surface area contributed by atoms with Gasteiger partial charge in [0.1, 0.15) is 11.9 Å². The molecule has 5 aliphatic carbocycles. The maximum atomic E-state index is 14.1. The van der Waals surface area contributed by atoms with Gasteiger partial charge in [-0.3, -0.25) is 14.4 Å². The van der Waals surface area contributed by atoms with Crippen LogP contribution in [0.2, 0.25) is 0 Å². The van der Waals surface area contributed by atoms with Crippen molar-refractivity contribution in [1.82, 2.24) is 0 Å². The number of ether oxygens (including phenoxy) is 1. The number of Topliss-reactive ketones (excluding diaryl/α,β-unsaturated/α-hetero) is 2. The molecule has 4 saturated carbocycles. The molecule has 0 aliphatic heterocycles. The van der Waals surface area contributed by atoms with Gasteiger partial charge in [-0.05, 0) is 84.9 Å². The molecule has 0 aromatic rings. The summed E-state index contributed by atoms with van der Waals surface area (Å²) in [6, 6.07) is 2.15. The van der Waals surface area contributed by atoms with Crippen LogP contribution in [0.1, 0.15) is 92.4 Å². The SMILES string of the molecule is CC(=O)OCC12CCC3C(C(=O)CC4C3(C)CCC3CC(=O)C(C#N)=C[C@@]34C)C1CC(C)(C)CC2. The molecule has 0 N–H and O–H groups in total. The standard InChI is InChI=1S/C30H41NO4/c1-18(32)35-17-30-9-7-21-26(22(30)15-27(2,3)10-11-30)24(34)13-25-28(21,4)8-6-20-12-23(33)19(16-31)14-29(20,25)5/h14,20-22,25-26H,6-13,15,17H2,1-5H3/t20?,21?,22?,25?,26?,28?,29-,30?/m0/s1. The first-order valence-electron chi connectivity index (χ1n) is 13.7. The van der Waals surface area contributed by atoms with Crippen molar-refractivity contribution >= 4 is 17.5 Å². The highest BCUT2D eigenvalue weighted by Gasteiger charge is 2.66. The fraction of sp³-hybridized carbons (Fsp3) is 0.800. The number of nitriles is 1. The monoisotopic (exact) mass is 479 g/mol. The summed E-state index contributed by atoms with van der Waals surface area (Å²) in [5, 5.41) is 9.62. The maximum absolute atomic E-state index is 14.1. The molecule has 0 aromatic heterocycles. The number of nitrogens with zero attached hydrogens (tertiary/aromatic N) is 1. The zero-order valence-corrected chi connectivity index (χ0v) is 22.1. The van der Waals surface area contributed by atoms with Gasteiger partial charge in [0.25, 0.3) is 0 Å². The predicted octanol–water partition coefficient (Wildman–Crippen LogP) is 5.82. The number of fused-ring (bicyclic) bond motifs is 7. The van der Waals surface area contributed by atoms with Crippen molar-refractivity contribution in [2.24, 2.45) is 51.2 Å². The van der Waals surface area contributed by atoms with Gasteiger partial charge in [-0.25, -0.2) is 0 Å². The van der Waals surface area contributed by atoms with E-state index in [9.17, 15) is 19.6 Å². The highest BCUT2D eigenvalue weighted by atomic mass is 16.5. The third-order valence-corrected chi connectivity index (χ3v) is 11.6. The Hall–Kier alpha value is -1.96. The maximum Gasteiger partial charge on any atom is 0.302 e. The minimum Gasteiger partial charge on any atom is -0.465 e. The molecule has 0 bridgehead atoms. The molecule has 0 radical (unpaired) electrons. The molecule has 5 heteroatoms. The average molecular weight is 480 g/mol. The molecule has 5 aliphatic rings. The Morgan fingerprint density at radius 3 is 2.49 bits per heavy atom. The third kappa shape index (κ3) is 3.65. The van der Waals surface area contributed by atoms with E-state index in [1.54, 1.807) is 0 Å². The minimum absolute atomic E-state index is 0.0104. The second-order valence-corrected chi connectivity index (χ2v) is 13.9. The Kier molecular flexibility index (Phi) is 5.67. The van der Waals surface area contributed by atoms with Crippen molar-refractivity contribution in [3.05, 3.63) is 11.6 Å². The van der Waals surface area contributed by atoms with E-state index >= 15 is 0 Å². The molecule has 8 atom stereocenters. The second-order valence-electron chi connectivity index (χ2n) is 13.9. The smallest absolute Gasteiger partial charge is 0.302 e. The molecule has 35 heavy (non-hydrogen) atoms. The molecular weight excluding hydrogens is 438 g/mol. The average Bonchev–Trinajstić information content (AvgIpc) is 2.79. The van der Waals surface area contributed by atoms with Gasteiger partial charge in [-0.15, -0.1) is 0 Å². The number of esters is 1. The van der Waals surface area contributed by atoms with Crippen molar-refractivity contribution < 1.29 is 19.1 Å². The molecule has 0 aromatic carbocycles. The highest BCUT2D eigenvalue weighted by molar-refractivity contribution is 6.00. The van der Waals surface area contributed by atoms with E-state index in [0.29, 0.717) is 36.7 Å². The quantitative estimate of drug-likeness (QED) is 0.466. The summed E-state index contributed by atoms with van der Waals surface area (Å²) < 4.78 is 5.66. The van der Waals surface area contributed by atoms with E-state index in [4.69, 9.17) is 4.74 Å². The molecule has 0 spiro atoms. The Morgan fingerprint density at radius 1 is 1.06 bits per heavy atom. The molecular formula is C30H41NO4. The highest BCUT2D eigenvalue weighted by Crippen LogP contribution is 2.70. The van der Waals surface area contributed by atoms with Crippen LogP contribution < -0.4 is 0 Å². The van der Waals surface area contributed by atoms with Gasteiger partial charge in [0.15, 0.2) is 5.78 Å². The van der Waals surface area contributed by atoms with Crippen molar-refractivity contribution in [3.63, 3.8) is 0 Å². The lowest BCUT2D eigenvalue weighted by atomic mass is 9.37. The van der Waals surface area contributed by atoms with E-state index < -0.39 is 0 Å². The molecule has 0 amide bonds. The summed E-state index contributed by atoms with van der Waals surface area (Å²) in [7, 11) is 0. The van der Waals surface area contributed by atoms with Crippen LogP contribution >= 0.6 is 0 Å². The number of carbonyl (C=O) groups excluding carboxylic acids is 3. The fourth-order valence-corrected chi connectivity index (χ4v) is 9.65. The van der Waals surface area contributed by atoms with Crippen LogP contribution in [-0.2, 0) is 19.1 Å². The van der Waals surface area contributed by atoms with Crippen molar-refractivity contribution in [2.75, 3.05) is 6.61 Å². The summed E-state index contributed by atoms with van der Waals surface area (Å²) in [5.74, 6) is 1.07. The summed E-state index contributed by atoms with van der Waals surface area (Å²) >= 11 is 0. The van der Waals surface area contributed by atoms with Gasteiger partial charge in [-0.1, -0.05) is 33.8 Å². The van der Waals surface area contributed by atoms with Crippen LogP contribution in [0.5, 0.6) is 0 Å². The number of rotatable bonds is 2. The molecule has 0 heterocycles. The third-order valence-electron chi connectivity index (χ3n) is 11.6. The summed E-state index contributed by atoms with van der Waals surface area (Å²) in [6.45, 7) is 11.2. The lowest BCUT2D eigenvalue weighted by molar-refractivity contribution is -0.191. The van der Waals surface area contributed by atoms with Crippen LogP contribution in [0.25, 0.3) is 0 Å². The Morgan fingerprint density at radius 2 is 1.80 bits per heavy atom. The first kappa shape index (κ1) is 24.7. The first-order chi connectivity index (χ1) is 16.4. The van der Waals surface area contributed by atoms with E-state index in [-0.39, 0.29) is 57.1 Å². The predicted molar refractivity (Wildman–Crippen MR) is 132 cm³/mol. The van der Waals surface area contributed by atoms with Gasteiger partial charge in [0, 0.05) is 31.1 Å². The van der Waals surface area contributed by atoms with Gasteiger partial charge >= 0.3 is 5.97 Å². The Balaban J connectivity index is 1.54. The molecule has 0 saturated heterocycles. The molecule has 4 fully saturated rings. The van der Waals surface area contributed by atoms with Gasteiger partial charge in [-0.2, -0.15) is 5.26 Å². The van der Waals surface area contributed by atoms with Crippen molar-refractivity contribution in [1.29, 1.82) is 5.26 Å². The molecule has 190 valence electrons. The molecule has 5 nitrogen and oxygen atoms in total. The molecule has 5 rings (SSSR count). The van der Waals surface area contributed by atoms with E-state index in [0.717, 1.165) is 44.9 Å². The number of hydrogen-bond acceptors (Lipinski definition) is 5. The number of allylic oxidation sites excluding steroid dienone is 2. The normalized spacial score (nSPS) is 46.2. The fourth-order valence-electron chi connectivity index (χ4n) is 9.65. The van der Waals surface area contributed by atoms with E-state index in [1.807, 2.05) is 6.08 Å². The number of carbonyl (C=O) groups is 3. The van der Waals surface area contributed by atoms with Gasteiger partial charge in [0.05, 0.1) is 12.2 Å². The summed E-state index contributed by atoms with van der Waals surface area (Å²) in [5.41, 5.74) is 0.108. The van der Waals surface area contributed by atoms with Crippen LogP contribution in [0.4, 0.5) is 0 Å². The summed E-state index contributed by atoms with van der Waals surface area (Å²) in [6.07, 6.45) is 10.1. The van der Waals surface area contributed by atoms with Crippen molar-refractivity contribution in [2.45, 2.75) is 92.4 Å². The lowest BCUT2D eigenvalue weighted by Crippen LogP contribution is -2.63. The van der Waals surface area contributed by atoms with Gasteiger partial charge in [0.2, 0.25) is 0 Å². The lowest BCUT2D eigenvalue weighted by Gasteiger charge is -2.66. The van der Waals surface area contributed by atoms with E-state index in [1.165, 1.54) is 6.92 Å². The number of ketones is 2. The second kappa shape index (κ2) is 8.02. The van der Waals surface area contributed by atoms with Crippen LogP contribution in [-0.4, -0.2) is 24.1 Å². The first-order valence-corrected chi connectivity index (χ1v) is 13.7. The van der Waals surface area contributed by atoms with Crippen LogP contribution in [0, 0.1) is 62.6 Å². The van der Waals surface area contributed by atoms with Crippen LogP contribution in [0.3, 0.4) is 0 Å². The Bertz CT molecular complexity index is 1040. The Labute approximate surface area is 210 Å². The summed E-state index contributed by atoms with van der Waals surface area (Å²) in [4.78, 5) is 38.4. The zero-order chi connectivity index (χ0) is 25.4. The largest absolute Gasteiger partial charge is 0.465 e. The minimum atomic E-state index is -0.287. The van der Waals surface area contributed by atoms with E-state index in [2.05, 4.69) is 33.8 Å². The topological polar surface area (TPSA) is 84.2 Å². The number of hydrogen-bond donors (Lipinski definition) is 0. The molecule has 7 unspecified atom stereocenters. The van der Waals surface area contributed by atoms with Crippen molar-refractivity contribution in [3.8, 4) is 6.07 Å². The van der Waals surface area contributed by atoms with Gasteiger partial charge < -0.3 is 4.74 Å². The zero-order valence-electron chi connectivity index (χ0n) is 22.1. The van der Waals surface area contributed by atoms with Crippen LogP contribution in [0.15, 0.2) is 11.6 Å².